The van der Waals surface area contributed by atoms with E-state index in [1.165, 1.54) is 5.56 Å². The molecule has 0 atom stereocenters. The Bertz CT molecular complexity index is 596. The minimum absolute atomic E-state index is 0.115. The van der Waals surface area contributed by atoms with Crippen LogP contribution in [0.1, 0.15) is 22.3 Å². The van der Waals surface area contributed by atoms with Crippen LogP contribution in [0, 0.1) is 0 Å². The number of aryl methyl sites for hydroxylation is 1. The Morgan fingerprint density at radius 3 is 2.62 bits per heavy atom. The smallest absolute Gasteiger partial charge is 0.255 e. The molecule has 0 saturated heterocycles. The van der Waals surface area contributed by atoms with E-state index in [4.69, 9.17) is 4.74 Å². The molecule has 0 spiro atoms. The highest BCUT2D eigenvalue weighted by Crippen LogP contribution is 2.16. The first kappa shape index (κ1) is 15.6. The van der Waals surface area contributed by atoms with Gasteiger partial charge >= 0.3 is 0 Å². The first-order valence-electron chi connectivity index (χ1n) is 6.83. The summed E-state index contributed by atoms with van der Waals surface area (Å²) in [6, 6.07) is 15.0. The van der Waals surface area contributed by atoms with Gasteiger partial charge in [-0.15, -0.1) is 0 Å². The zero-order chi connectivity index (χ0) is 15.1. The summed E-state index contributed by atoms with van der Waals surface area (Å²) in [5.74, 6) is 0.624. The zero-order valence-electron chi connectivity index (χ0n) is 11.9. The van der Waals surface area contributed by atoms with Crippen LogP contribution in [0.2, 0.25) is 0 Å². The number of carbonyl (C=O) groups is 1. The van der Waals surface area contributed by atoms with Crippen molar-refractivity contribution in [2.24, 2.45) is 0 Å². The lowest BCUT2D eigenvalue weighted by Gasteiger charge is -2.08. The van der Waals surface area contributed by atoms with Crippen molar-refractivity contribution >= 4 is 27.5 Å². The number of carbonyl (C=O) groups excluding carboxylic acids is 1. The molecule has 1 N–H and O–H groups in total. The lowest BCUT2D eigenvalue weighted by Crippen LogP contribution is -2.11. The van der Waals surface area contributed by atoms with Gasteiger partial charge in [-0.2, -0.15) is 0 Å². The van der Waals surface area contributed by atoms with E-state index < -0.39 is 0 Å². The van der Waals surface area contributed by atoms with E-state index in [-0.39, 0.29) is 5.91 Å². The predicted molar refractivity (Wildman–Crippen MR) is 89.5 cm³/mol. The van der Waals surface area contributed by atoms with E-state index in [9.17, 15) is 4.79 Å². The summed E-state index contributed by atoms with van der Waals surface area (Å²) in [6.45, 7) is 0. The number of nitrogens with one attached hydrogen (secondary N) is 1. The fraction of sp³-hybridized carbons (Fsp3) is 0.235. The number of methoxy groups -OCH3 is 1. The van der Waals surface area contributed by atoms with Gasteiger partial charge in [0.25, 0.3) is 5.91 Å². The third-order valence-electron chi connectivity index (χ3n) is 3.14. The van der Waals surface area contributed by atoms with Crippen LogP contribution in [-0.4, -0.2) is 18.3 Å². The molecule has 0 aliphatic heterocycles. The SMILES string of the molecule is COc1ccc(C(=O)Nc2cccc(CCCBr)c2)cc1. The fourth-order valence-corrected chi connectivity index (χ4v) is 2.30. The van der Waals surface area contributed by atoms with E-state index in [0.29, 0.717) is 5.56 Å². The van der Waals surface area contributed by atoms with Crippen molar-refractivity contribution in [3.05, 3.63) is 59.7 Å². The quantitative estimate of drug-likeness (QED) is 0.792. The lowest BCUT2D eigenvalue weighted by atomic mass is 10.1. The molecule has 21 heavy (non-hydrogen) atoms. The van der Waals surface area contributed by atoms with Gasteiger partial charge in [-0.05, 0) is 54.8 Å². The van der Waals surface area contributed by atoms with Crippen molar-refractivity contribution in [2.45, 2.75) is 12.8 Å². The molecule has 0 aromatic heterocycles. The van der Waals surface area contributed by atoms with Crippen LogP contribution in [0.5, 0.6) is 5.75 Å². The molecule has 0 heterocycles. The average molecular weight is 348 g/mol. The second-order valence-corrected chi connectivity index (χ2v) is 5.47. The van der Waals surface area contributed by atoms with Gasteiger partial charge in [0.2, 0.25) is 0 Å². The summed E-state index contributed by atoms with van der Waals surface area (Å²) in [5, 5.41) is 3.90. The van der Waals surface area contributed by atoms with Crippen molar-refractivity contribution in [3.8, 4) is 5.75 Å². The van der Waals surface area contributed by atoms with Gasteiger partial charge in [-0.1, -0.05) is 28.1 Å². The standard InChI is InChI=1S/C17H18BrNO2/c1-21-16-9-7-14(8-10-16)17(20)19-15-6-2-4-13(12-15)5-3-11-18/h2,4,6-10,12H,3,5,11H2,1H3,(H,19,20). The molecule has 0 saturated carbocycles. The number of hydrogen-bond acceptors (Lipinski definition) is 2. The molecule has 0 radical (unpaired) electrons. The summed E-state index contributed by atoms with van der Waals surface area (Å²) in [5.41, 5.74) is 2.66. The number of benzene rings is 2. The Balaban J connectivity index is 2.04. The number of hydrogen-bond donors (Lipinski definition) is 1. The molecular weight excluding hydrogens is 330 g/mol. The van der Waals surface area contributed by atoms with Crippen molar-refractivity contribution in [1.82, 2.24) is 0 Å². The van der Waals surface area contributed by atoms with Gasteiger partial charge in [-0.3, -0.25) is 4.79 Å². The zero-order valence-corrected chi connectivity index (χ0v) is 13.5. The van der Waals surface area contributed by atoms with Crippen LogP contribution in [-0.2, 0) is 6.42 Å². The third-order valence-corrected chi connectivity index (χ3v) is 3.70. The van der Waals surface area contributed by atoms with Gasteiger partial charge in [0.1, 0.15) is 5.75 Å². The first-order valence-corrected chi connectivity index (χ1v) is 7.95. The highest BCUT2D eigenvalue weighted by molar-refractivity contribution is 9.09. The molecule has 2 aromatic carbocycles. The molecule has 0 bridgehead atoms. The van der Waals surface area contributed by atoms with Crippen LogP contribution >= 0.6 is 15.9 Å². The summed E-state index contributed by atoms with van der Waals surface area (Å²) < 4.78 is 5.08. The van der Waals surface area contributed by atoms with Gasteiger partial charge in [0, 0.05) is 16.6 Å². The first-order chi connectivity index (χ1) is 10.2. The Morgan fingerprint density at radius 2 is 1.95 bits per heavy atom. The Labute approximate surface area is 133 Å². The van der Waals surface area contributed by atoms with Crippen molar-refractivity contribution in [3.63, 3.8) is 0 Å². The maximum Gasteiger partial charge on any atom is 0.255 e. The molecule has 1 amide bonds. The minimum Gasteiger partial charge on any atom is -0.497 e. The van der Waals surface area contributed by atoms with Crippen LogP contribution < -0.4 is 10.1 Å². The molecule has 110 valence electrons. The summed E-state index contributed by atoms with van der Waals surface area (Å²) in [6.07, 6.45) is 2.08. The Kier molecular flexibility index (Phi) is 5.81. The molecule has 2 rings (SSSR count). The number of anilines is 1. The van der Waals surface area contributed by atoms with Gasteiger partial charge in [-0.25, -0.2) is 0 Å². The minimum atomic E-state index is -0.115. The Morgan fingerprint density at radius 1 is 1.19 bits per heavy atom. The molecule has 2 aromatic rings. The predicted octanol–water partition coefficient (Wildman–Crippen LogP) is 4.28. The van der Waals surface area contributed by atoms with Gasteiger partial charge in [0.05, 0.1) is 7.11 Å². The van der Waals surface area contributed by atoms with E-state index in [1.54, 1.807) is 31.4 Å². The maximum atomic E-state index is 12.2. The monoisotopic (exact) mass is 347 g/mol. The van der Waals surface area contributed by atoms with Crippen LogP contribution in [0.4, 0.5) is 5.69 Å². The van der Waals surface area contributed by atoms with Crippen molar-refractivity contribution < 1.29 is 9.53 Å². The summed E-state index contributed by atoms with van der Waals surface area (Å²) >= 11 is 3.43. The van der Waals surface area contributed by atoms with Crippen molar-refractivity contribution in [1.29, 1.82) is 0 Å². The largest absolute Gasteiger partial charge is 0.497 e. The normalized spacial score (nSPS) is 10.2. The van der Waals surface area contributed by atoms with Gasteiger partial charge < -0.3 is 10.1 Å². The van der Waals surface area contributed by atoms with E-state index in [2.05, 4.69) is 27.3 Å². The van der Waals surface area contributed by atoms with Gasteiger partial charge in [0.15, 0.2) is 0 Å². The topological polar surface area (TPSA) is 38.3 Å². The second kappa shape index (κ2) is 7.84. The Hall–Kier alpha value is -1.81. The number of ether oxygens (including phenoxy) is 1. The molecule has 4 heteroatoms. The van der Waals surface area contributed by atoms with Crippen LogP contribution in [0.15, 0.2) is 48.5 Å². The maximum absolute atomic E-state index is 12.2. The highest BCUT2D eigenvalue weighted by Gasteiger charge is 2.06. The van der Waals surface area contributed by atoms with E-state index in [1.807, 2.05) is 18.2 Å². The molecule has 0 unspecified atom stereocenters. The molecular formula is C17H18BrNO2. The number of rotatable bonds is 6. The number of alkyl halides is 1. The van der Waals surface area contributed by atoms with E-state index >= 15 is 0 Å². The lowest BCUT2D eigenvalue weighted by molar-refractivity contribution is 0.102. The number of halogens is 1. The summed E-state index contributed by atoms with van der Waals surface area (Å²) in [7, 11) is 1.60. The molecule has 0 aliphatic carbocycles. The van der Waals surface area contributed by atoms with Crippen LogP contribution in [0.25, 0.3) is 0 Å². The molecule has 0 aliphatic rings. The number of amides is 1. The average Bonchev–Trinajstić information content (AvgIpc) is 2.53. The molecule has 3 nitrogen and oxygen atoms in total. The van der Waals surface area contributed by atoms with Crippen LogP contribution in [0.3, 0.4) is 0 Å². The second-order valence-electron chi connectivity index (χ2n) is 4.68. The van der Waals surface area contributed by atoms with E-state index in [0.717, 1.165) is 29.6 Å². The highest BCUT2D eigenvalue weighted by atomic mass is 79.9. The molecule has 0 fully saturated rings. The van der Waals surface area contributed by atoms with Crippen molar-refractivity contribution in [2.75, 3.05) is 17.8 Å². The third kappa shape index (κ3) is 4.60. The summed E-state index contributed by atoms with van der Waals surface area (Å²) in [4.78, 5) is 12.2. The fourth-order valence-electron chi connectivity index (χ4n) is 2.02.